The Morgan fingerprint density at radius 1 is 1.44 bits per heavy atom. The minimum atomic E-state index is -0.588. The van der Waals surface area contributed by atoms with Gasteiger partial charge in [0, 0.05) is 5.41 Å². The largest absolute Gasteiger partial charge is 0.332 e. The first-order chi connectivity index (χ1) is 8.56. The quantitative estimate of drug-likeness (QED) is 0.647. The van der Waals surface area contributed by atoms with Gasteiger partial charge in [-0.15, -0.1) is 23.0 Å². The summed E-state index contributed by atoms with van der Waals surface area (Å²) < 4.78 is 12.8. The van der Waals surface area contributed by atoms with Gasteiger partial charge in [-0.1, -0.05) is 0 Å². The molecule has 0 bridgehead atoms. The molecule has 1 aromatic rings. The van der Waals surface area contributed by atoms with E-state index < -0.39 is 5.38 Å². The summed E-state index contributed by atoms with van der Waals surface area (Å²) in [6.45, 7) is 1.60. The predicted molar refractivity (Wildman–Crippen MR) is 73.6 cm³/mol. The van der Waals surface area contributed by atoms with Crippen LogP contribution >= 0.6 is 23.0 Å². The maximum Gasteiger partial charge on any atom is 0.243 e. The fourth-order valence-corrected chi connectivity index (χ4v) is 2.15. The summed E-state index contributed by atoms with van der Waals surface area (Å²) >= 11 is 7.01. The summed E-state index contributed by atoms with van der Waals surface area (Å²) in [5, 5.41) is 7.57. The maximum absolute atomic E-state index is 12.8. The smallest absolute Gasteiger partial charge is 0.243 e. The number of hydrogen-bond acceptors (Lipinski definition) is 2. The summed E-state index contributed by atoms with van der Waals surface area (Å²) in [5.74, 6) is -0.543. The van der Waals surface area contributed by atoms with Crippen LogP contribution < -0.4 is 10.6 Å². The van der Waals surface area contributed by atoms with Crippen LogP contribution in [0.5, 0.6) is 0 Å². The van der Waals surface area contributed by atoms with E-state index >= 15 is 0 Å². The van der Waals surface area contributed by atoms with Gasteiger partial charge >= 0.3 is 0 Å². The molecule has 1 heterocycles. The van der Waals surface area contributed by atoms with Crippen molar-refractivity contribution >= 4 is 39.7 Å². The molecule has 1 amide bonds. The molecule has 2 rings (SSSR count). The van der Waals surface area contributed by atoms with Crippen LogP contribution in [0.4, 0.5) is 4.39 Å². The molecular formula is C12H11ClFN2OS. The number of carbonyl (C=O) groups excluding carboxylic acids is 1. The minimum Gasteiger partial charge on any atom is -0.332 e. The van der Waals surface area contributed by atoms with Gasteiger partial charge in [-0.25, -0.2) is 4.39 Å². The second-order valence-electron chi connectivity index (χ2n) is 3.72. The van der Waals surface area contributed by atoms with E-state index in [1.807, 2.05) is 5.41 Å². The number of halogens is 2. The second kappa shape index (κ2) is 5.46. The maximum atomic E-state index is 12.8. The van der Waals surface area contributed by atoms with Gasteiger partial charge < -0.3 is 10.6 Å². The monoisotopic (exact) mass is 285 g/mol. The van der Waals surface area contributed by atoms with Crippen molar-refractivity contribution in [1.82, 2.24) is 10.6 Å². The molecule has 0 aliphatic carbocycles. The van der Waals surface area contributed by atoms with Gasteiger partial charge in [0.1, 0.15) is 11.2 Å². The van der Waals surface area contributed by atoms with Gasteiger partial charge in [-0.2, -0.15) is 0 Å². The average molecular weight is 286 g/mol. The molecule has 18 heavy (non-hydrogen) atoms. The zero-order valence-electron chi connectivity index (χ0n) is 9.54. The van der Waals surface area contributed by atoms with Crippen molar-refractivity contribution in [2.24, 2.45) is 0 Å². The summed E-state index contributed by atoms with van der Waals surface area (Å²) in [5.41, 5.74) is 1.67. The normalized spacial score (nSPS) is 15.5. The molecule has 1 radical (unpaired) electrons. The molecule has 1 atom stereocenters. The van der Waals surface area contributed by atoms with Crippen LogP contribution in [0.25, 0.3) is 5.70 Å². The van der Waals surface area contributed by atoms with Gasteiger partial charge in [-0.3, -0.25) is 4.79 Å². The van der Waals surface area contributed by atoms with Crippen LogP contribution in [0.15, 0.2) is 29.7 Å². The molecule has 1 aliphatic rings. The molecule has 0 aromatic heterocycles. The van der Waals surface area contributed by atoms with E-state index in [4.69, 9.17) is 11.6 Å². The fourth-order valence-electron chi connectivity index (χ4n) is 1.34. The standard InChI is InChI=1S/C12H11ClFN2OS/c1-7(13)11(17)16-12-15-10(6-18-12)8-2-4-9(14)5-3-8/h2-7,15H,1H3,(H,16,17). The molecule has 1 aliphatic heterocycles. The van der Waals surface area contributed by atoms with Crippen molar-refractivity contribution in [2.45, 2.75) is 12.3 Å². The average Bonchev–Trinajstić information content (AvgIpc) is 2.78. The first-order valence-electron chi connectivity index (χ1n) is 5.28. The highest BCUT2D eigenvalue weighted by molar-refractivity contribution is 8.02. The first kappa shape index (κ1) is 13.0. The molecule has 2 N–H and O–H groups in total. The molecule has 3 nitrogen and oxygen atoms in total. The van der Waals surface area contributed by atoms with Crippen molar-refractivity contribution in [3.8, 4) is 0 Å². The fraction of sp³-hybridized carbons (Fsp3) is 0.167. The zero-order chi connectivity index (χ0) is 13.1. The highest BCUT2D eigenvalue weighted by Gasteiger charge is 2.15. The van der Waals surface area contributed by atoms with Gasteiger partial charge in [-0.05, 0) is 36.8 Å². The third kappa shape index (κ3) is 3.05. The topological polar surface area (TPSA) is 41.1 Å². The number of nitrogens with one attached hydrogen (secondary N) is 2. The number of amides is 1. The number of rotatable bonds is 2. The lowest BCUT2D eigenvalue weighted by molar-refractivity contribution is -0.119. The second-order valence-corrected chi connectivity index (χ2v) is 5.25. The van der Waals surface area contributed by atoms with Crippen molar-refractivity contribution in [2.75, 3.05) is 0 Å². The van der Waals surface area contributed by atoms with Crippen molar-refractivity contribution in [3.05, 3.63) is 41.1 Å². The molecule has 1 aromatic carbocycles. The Labute approximate surface area is 113 Å². The van der Waals surface area contributed by atoms with Gasteiger partial charge in [0.15, 0.2) is 5.11 Å². The lowest BCUT2D eigenvalue weighted by atomic mass is 10.2. The number of hydrogen-bond donors (Lipinski definition) is 2. The van der Waals surface area contributed by atoms with E-state index in [2.05, 4.69) is 10.6 Å². The Morgan fingerprint density at radius 3 is 2.72 bits per heavy atom. The van der Waals surface area contributed by atoms with Crippen molar-refractivity contribution in [3.63, 3.8) is 0 Å². The molecule has 95 valence electrons. The number of benzene rings is 1. The summed E-state index contributed by atoms with van der Waals surface area (Å²) in [6, 6.07) is 6.12. The Kier molecular flexibility index (Phi) is 3.93. The number of carbonyl (C=O) groups is 1. The van der Waals surface area contributed by atoms with E-state index in [0.29, 0.717) is 5.11 Å². The minimum absolute atomic E-state index is 0.263. The SMILES string of the molecule is CC(Cl)C(=O)NC1=[S]C=C(c2ccc(F)cc2)N1. The molecular weight excluding hydrogens is 275 g/mol. The summed E-state index contributed by atoms with van der Waals surface area (Å²) in [4.78, 5) is 11.4. The third-order valence-corrected chi connectivity index (χ3v) is 3.29. The summed E-state index contributed by atoms with van der Waals surface area (Å²) in [7, 11) is 0. The predicted octanol–water partition coefficient (Wildman–Crippen LogP) is 2.29. The van der Waals surface area contributed by atoms with E-state index in [1.165, 1.54) is 23.5 Å². The molecule has 6 heteroatoms. The van der Waals surface area contributed by atoms with Gasteiger partial charge in [0.25, 0.3) is 0 Å². The Morgan fingerprint density at radius 2 is 2.11 bits per heavy atom. The Hall–Kier alpha value is -1.46. The Bertz CT molecular complexity index is 525. The highest BCUT2D eigenvalue weighted by Crippen LogP contribution is 2.18. The first-order valence-corrected chi connectivity index (χ1v) is 6.59. The summed E-state index contributed by atoms with van der Waals surface area (Å²) in [6.07, 6.45) is 0. The van der Waals surface area contributed by atoms with Gasteiger partial charge in [0.2, 0.25) is 5.91 Å². The van der Waals surface area contributed by atoms with E-state index in [-0.39, 0.29) is 11.7 Å². The van der Waals surface area contributed by atoms with E-state index in [9.17, 15) is 9.18 Å². The van der Waals surface area contributed by atoms with Crippen LogP contribution in [0, 0.1) is 5.82 Å². The van der Waals surface area contributed by atoms with E-state index in [1.54, 1.807) is 19.1 Å². The van der Waals surface area contributed by atoms with Crippen LogP contribution in [-0.2, 0) is 4.79 Å². The molecule has 0 spiro atoms. The van der Waals surface area contributed by atoms with Crippen LogP contribution in [-0.4, -0.2) is 16.4 Å². The van der Waals surface area contributed by atoms with Crippen molar-refractivity contribution < 1.29 is 9.18 Å². The molecule has 0 saturated heterocycles. The number of alkyl halides is 1. The molecule has 0 saturated carbocycles. The molecule has 0 fully saturated rings. The van der Waals surface area contributed by atoms with Crippen molar-refractivity contribution in [1.29, 1.82) is 0 Å². The van der Waals surface area contributed by atoms with E-state index in [0.717, 1.165) is 11.3 Å². The van der Waals surface area contributed by atoms with Crippen LogP contribution in [0.3, 0.4) is 0 Å². The lowest BCUT2D eigenvalue weighted by Crippen LogP contribution is -2.40. The Balaban J connectivity index is 1.98. The zero-order valence-corrected chi connectivity index (χ0v) is 11.1. The van der Waals surface area contributed by atoms with Gasteiger partial charge in [0.05, 0.1) is 5.70 Å². The lowest BCUT2D eigenvalue weighted by Gasteiger charge is -2.10. The van der Waals surface area contributed by atoms with Crippen LogP contribution in [0.2, 0.25) is 0 Å². The van der Waals surface area contributed by atoms with Crippen LogP contribution in [0.1, 0.15) is 12.5 Å². The highest BCUT2D eigenvalue weighted by atomic mass is 35.5. The third-order valence-electron chi connectivity index (χ3n) is 2.30. The molecule has 1 unspecified atom stereocenters.